The second-order valence-electron chi connectivity index (χ2n) is 4.64. The predicted molar refractivity (Wildman–Crippen MR) is 69.5 cm³/mol. The van der Waals surface area contributed by atoms with Crippen LogP contribution in [0, 0.1) is 21.3 Å². The van der Waals surface area contributed by atoms with Crippen molar-refractivity contribution in [2.75, 3.05) is 11.9 Å². The quantitative estimate of drug-likeness (QED) is 0.642. The lowest BCUT2D eigenvalue weighted by molar-refractivity contribution is -0.384. The number of carbonyl (C=O) groups excluding carboxylic acids is 1. The molecule has 0 heterocycles. The fraction of sp³-hybridized carbons (Fsp3) is 0.364. The Morgan fingerprint density at radius 3 is 2.63 bits per heavy atom. The molecular formula is C11H13ClFN3O3. The van der Waals surface area contributed by atoms with Gasteiger partial charge in [0.15, 0.2) is 0 Å². The van der Waals surface area contributed by atoms with Crippen LogP contribution in [-0.2, 0) is 4.79 Å². The van der Waals surface area contributed by atoms with Crippen molar-refractivity contribution in [2.24, 2.45) is 11.1 Å². The van der Waals surface area contributed by atoms with Crippen LogP contribution in [0.2, 0.25) is 5.02 Å². The van der Waals surface area contributed by atoms with E-state index in [1.54, 1.807) is 13.8 Å². The number of nitrogens with one attached hydrogen (secondary N) is 1. The summed E-state index contributed by atoms with van der Waals surface area (Å²) in [6.07, 6.45) is 0. The molecule has 3 N–H and O–H groups in total. The van der Waals surface area contributed by atoms with Crippen LogP contribution in [0.1, 0.15) is 13.8 Å². The third-order valence-electron chi connectivity index (χ3n) is 2.62. The SMILES string of the molecule is CC(C)(CNc1cc(Cl)c(F)cc1[N+](=O)[O-])C(N)=O. The van der Waals surface area contributed by atoms with Crippen LogP contribution in [-0.4, -0.2) is 17.4 Å². The Morgan fingerprint density at radius 1 is 1.58 bits per heavy atom. The zero-order valence-electron chi connectivity index (χ0n) is 10.4. The number of nitrogens with two attached hydrogens (primary N) is 1. The van der Waals surface area contributed by atoms with Gasteiger partial charge in [0.05, 0.1) is 21.4 Å². The van der Waals surface area contributed by atoms with E-state index in [9.17, 15) is 19.3 Å². The second kappa shape index (κ2) is 5.40. The number of nitro benzene ring substituents is 1. The molecule has 8 heteroatoms. The van der Waals surface area contributed by atoms with Crippen molar-refractivity contribution in [3.05, 3.63) is 33.1 Å². The molecule has 1 rings (SSSR count). The molecule has 104 valence electrons. The highest BCUT2D eigenvalue weighted by atomic mass is 35.5. The third-order valence-corrected chi connectivity index (χ3v) is 2.91. The minimum absolute atomic E-state index is 0.0331. The number of anilines is 1. The van der Waals surface area contributed by atoms with Crippen LogP contribution in [0.5, 0.6) is 0 Å². The molecule has 19 heavy (non-hydrogen) atoms. The van der Waals surface area contributed by atoms with Crippen molar-refractivity contribution in [2.45, 2.75) is 13.8 Å². The van der Waals surface area contributed by atoms with Gasteiger partial charge in [0.25, 0.3) is 5.69 Å². The van der Waals surface area contributed by atoms with E-state index >= 15 is 0 Å². The molecule has 0 spiro atoms. The predicted octanol–water partition coefficient (Wildman–Crippen LogP) is 2.31. The van der Waals surface area contributed by atoms with Crippen LogP contribution in [0.4, 0.5) is 15.8 Å². The first-order valence-corrected chi connectivity index (χ1v) is 5.70. The Balaban J connectivity index is 3.04. The van der Waals surface area contributed by atoms with Gasteiger partial charge in [0.2, 0.25) is 5.91 Å². The molecule has 0 aliphatic carbocycles. The van der Waals surface area contributed by atoms with Gasteiger partial charge in [-0.05, 0) is 19.9 Å². The first kappa shape index (κ1) is 15.2. The Bertz CT molecular complexity index is 534. The first-order valence-electron chi connectivity index (χ1n) is 5.32. The molecule has 1 aromatic rings. The highest BCUT2D eigenvalue weighted by Gasteiger charge is 2.26. The minimum atomic E-state index is -0.908. The molecule has 1 aromatic carbocycles. The molecule has 0 unspecified atom stereocenters. The normalized spacial score (nSPS) is 11.2. The summed E-state index contributed by atoms with van der Waals surface area (Å²) in [5, 5.41) is 13.3. The van der Waals surface area contributed by atoms with E-state index in [0.29, 0.717) is 0 Å². The van der Waals surface area contributed by atoms with Crippen LogP contribution in [0.15, 0.2) is 12.1 Å². The minimum Gasteiger partial charge on any atom is -0.378 e. The molecule has 0 radical (unpaired) electrons. The van der Waals surface area contributed by atoms with E-state index in [2.05, 4.69) is 5.32 Å². The highest BCUT2D eigenvalue weighted by Crippen LogP contribution is 2.31. The molecule has 0 fully saturated rings. The Kier molecular flexibility index (Phi) is 4.31. The number of nitro groups is 1. The molecule has 0 aromatic heterocycles. The van der Waals surface area contributed by atoms with Crippen LogP contribution >= 0.6 is 11.6 Å². The lowest BCUT2D eigenvalue weighted by atomic mass is 9.92. The molecular weight excluding hydrogens is 277 g/mol. The number of nitrogens with zero attached hydrogens (tertiary/aromatic N) is 1. The van der Waals surface area contributed by atoms with Crippen LogP contribution in [0.3, 0.4) is 0 Å². The van der Waals surface area contributed by atoms with Gasteiger partial charge in [0.1, 0.15) is 11.5 Å². The van der Waals surface area contributed by atoms with Gasteiger partial charge in [-0.15, -0.1) is 0 Å². The average molecular weight is 290 g/mol. The van der Waals surface area contributed by atoms with E-state index in [1.165, 1.54) is 0 Å². The summed E-state index contributed by atoms with van der Waals surface area (Å²) in [5.41, 5.74) is 3.86. The van der Waals surface area contributed by atoms with Gasteiger partial charge >= 0.3 is 0 Å². The standard InChI is InChI=1S/C11H13ClFN3O3/c1-11(2,10(14)17)5-15-8-3-6(12)7(13)4-9(8)16(18)19/h3-4,15H,5H2,1-2H3,(H2,14,17). The number of hydrogen-bond donors (Lipinski definition) is 2. The zero-order chi connectivity index (χ0) is 14.8. The molecule has 0 atom stereocenters. The number of rotatable bonds is 5. The Labute approximate surface area is 113 Å². The highest BCUT2D eigenvalue weighted by molar-refractivity contribution is 6.31. The monoisotopic (exact) mass is 289 g/mol. The lowest BCUT2D eigenvalue weighted by Crippen LogP contribution is -2.37. The van der Waals surface area contributed by atoms with E-state index in [4.69, 9.17) is 17.3 Å². The number of amides is 1. The van der Waals surface area contributed by atoms with Crippen LogP contribution in [0.25, 0.3) is 0 Å². The van der Waals surface area contributed by atoms with Crippen molar-refractivity contribution >= 4 is 28.9 Å². The lowest BCUT2D eigenvalue weighted by Gasteiger charge is -2.21. The summed E-state index contributed by atoms with van der Waals surface area (Å²) < 4.78 is 13.2. The summed E-state index contributed by atoms with van der Waals surface area (Å²) >= 11 is 5.57. The summed E-state index contributed by atoms with van der Waals surface area (Å²) in [6.45, 7) is 3.23. The van der Waals surface area contributed by atoms with E-state index in [1.807, 2.05) is 0 Å². The van der Waals surface area contributed by atoms with Gasteiger partial charge in [-0.2, -0.15) is 0 Å². The van der Waals surface area contributed by atoms with Crippen molar-refractivity contribution in [1.29, 1.82) is 0 Å². The van der Waals surface area contributed by atoms with Gasteiger partial charge in [-0.1, -0.05) is 11.6 Å². The largest absolute Gasteiger partial charge is 0.378 e. The zero-order valence-corrected chi connectivity index (χ0v) is 11.1. The van der Waals surface area contributed by atoms with Crippen molar-refractivity contribution in [1.82, 2.24) is 0 Å². The molecule has 1 amide bonds. The van der Waals surface area contributed by atoms with Gasteiger partial charge < -0.3 is 11.1 Å². The topological polar surface area (TPSA) is 98.3 Å². The van der Waals surface area contributed by atoms with Gasteiger partial charge in [0, 0.05) is 6.54 Å². The number of benzene rings is 1. The fourth-order valence-electron chi connectivity index (χ4n) is 1.23. The van der Waals surface area contributed by atoms with Crippen molar-refractivity contribution < 1.29 is 14.1 Å². The van der Waals surface area contributed by atoms with Crippen molar-refractivity contribution in [3.63, 3.8) is 0 Å². The first-order chi connectivity index (χ1) is 8.65. The molecule has 6 nitrogen and oxygen atoms in total. The summed E-state index contributed by atoms with van der Waals surface area (Å²) in [6, 6.07) is 1.83. The number of primary amides is 1. The fourth-order valence-corrected chi connectivity index (χ4v) is 1.40. The third kappa shape index (κ3) is 3.54. The van der Waals surface area contributed by atoms with E-state index in [0.717, 1.165) is 12.1 Å². The molecule has 0 aliphatic heterocycles. The smallest absolute Gasteiger partial charge is 0.295 e. The summed E-state index contributed by atoms with van der Waals surface area (Å²) in [5.74, 6) is -1.44. The maximum Gasteiger partial charge on any atom is 0.295 e. The second-order valence-corrected chi connectivity index (χ2v) is 5.05. The molecule has 0 saturated carbocycles. The molecule has 0 bridgehead atoms. The van der Waals surface area contributed by atoms with Gasteiger partial charge in [-0.3, -0.25) is 14.9 Å². The van der Waals surface area contributed by atoms with Crippen LogP contribution < -0.4 is 11.1 Å². The molecule has 0 saturated heterocycles. The van der Waals surface area contributed by atoms with Crippen molar-refractivity contribution in [3.8, 4) is 0 Å². The van der Waals surface area contributed by atoms with E-state index in [-0.39, 0.29) is 17.3 Å². The maximum absolute atomic E-state index is 13.2. The van der Waals surface area contributed by atoms with E-state index < -0.39 is 27.8 Å². The Hall–Kier alpha value is -1.89. The number of halogens is 2. The number of hydrogen-bond acceptors (Lipinski definition) is 4. The Morgan fingerprint density at radius 2 is 2.16 bits per heavy atom. The summed E-state index contributed by atoms with van der Waals surface area (Å²) in [7, 11) is 0. The van der Waals surface area contributed by atoms with Gasteiger partial charge in [-0.25, -0.2) is 4.39 Å². The molecule has 0 aliphatic rings. The maximum atomic E-state index is 13.2. The average Bonchev–Trinajstić information content (AvgIpc) is 2.29. The summed E-state index contributed by atoms with van der Waals surface area (Å²) in [4.78, 5) is 21.2. The number of carbonyl (C=O) groups is 1.